The van der Waals surface area contributed by atoms with Crippen molar-refractivity contribution in [2.75, 3.05) is 11.5 Å². The second kappa shape index (κ2) is 10.2. The summed E-state index contributed by atoms with van der Waals surface area (Å²) in [4.78, 5) is 33.0. The summed E-state index contributed by atoms with van der Waals surface area (Å²) in [7, 11) is 0. The molecule has 1 N–H and O–H groups in total. The maximum Gasteiger partial charge on any atom is 0.301 e. The molecule has 0 bridgehead atoms. The quantitative estimate of drug-likeness (QED) is 0.129. The molecule has 1 aromatic heterocycles. The van der Waals surface area contributed by atoms with Crippen LogP contribution in [0.1, 0.15) is 48.1 Å². The Morgan fingerprint density at radius 2 is 1.70 bits per heavy atom. The van der Waals surface area contributed by atoms with E-state index in [1.807, 2.05) is 68.4 Å². The van der Waals surface area contributed by atoms with Crippen molar-refractivity contribution in [1.82, 2.24) is 4.98 Å². The summed E-state index contributed by atoms with van der Waals surface area (Å²) >= 11 is 1.35. The monoisotopic (exact) mass is 512 g/mol. The average Bonchev–Trinajstić information content (AvgIpc) is 3.42. The smallest absolute Gasteiger partial charge is 0.301 e. The van der Waals surface area contributed by atoms with Gasteiger partial charge < -0.3 is 9.84 Å². The van der Waals surface area contributed by atoms with Crippen LogP contribution in [0.15, 0.2) is 72.3 Å². The Bertz CT molecular complexity index is 1500. The molecule has 6 nitrogen and oxygen atoms in total. The number of aliphatic hydroxyl groups is 1. The Kier molecular flexibility index (Phi) is 6.80. The zero-order chi connectivity index (χ0) is 26.1. The number of carbonyl (C=O) groups excluding carboxylic acids is 2. The number of ketones is 1. The maximum atomic E-state index is 13.4. The summed E-state index contributed by atoms with van der Waals surface area (Å²) in [5, 5.41) is 11.7. The topological polar surface area (TPSA) is 79.7 Å². The molecule has 0 radical (unpaired) electrons. The first-order valence-electron chi connectivity index (χ1n) is 12.4. The predicted octanol–water partition coefficient (Wildman–Crippen LogP) is 6.72. The maximum absolute atomic E-state index is 13.4. The van der Waals surface area contributed by atoms with Crippen LogP contribution in [-0.2, 0) is 9.59 Å². The number of aromatic nitrogens is 1. The third kappa shape index (κ3) is 4.74. The van der Waals surface area contributed by atoms with Crippen molar-refractivity contribution in [3.63, 3.8) is 0 Å². The molecule has 0 aliphatic carbocycles. The van der Waals surface area contributed by atoms with Gasteiger partial charge in [-0.3, -0.25) is 14.5 Å². The van der Waals surface area contributed by atoms with Gasteiger partial charge in [-0.15, -0.1) is 0 Å². The number of aliphatic hydroxyl groups excluding tert-OH is 1. The molecule has 1 fully saturated rings. The Hall–Kier alpha value is -3.97. The number of Topliss-reactive ketones (excluding diaryl/α,β-unsaturated/α-hetero) is 1. The number of fused-ring (bicyclic) bond motifs is 1. The van der Waals surface area contributed by atoms with Crippen LogP contribution in [0, 0.1) is 13.8 Å². The minimum absolute atomic E-state index is 0.0453. The number of nitrogens with zero attached hydrogens (tertiary/aromatic N) is 2. The van der Waals surface area contributed by atoms with Gasteiger partial charge in [-0.05, 0) is 55.7 Å². The first-order chi connectivity index (χ1) is 17.9. The number of rotatable bonds is 7. The van der Waals surface area contributed by atoms with Crippen LogP contribution in [0.25, 0.3) is 16.0 Å². The SMILES string of the molecule is CCCCOc1ccc(C2/C(=C(\O)c3ccc(C)cc3)C(=O)C(=O)N2c2nc3ccc(C)cc3s2)cc1. The van der Waals surface area contributed by atoms with Crippen LogP contribution in [0.4, 0.5) is 5.13 Å². The van der Waals surface area contributed by atoms with Gasteiger partial charge in [-0.2, -0.15) is 0 Å². The molecule has 2 heterocycles. The Morgan fingerprint density at radius 1 is 1.00 bits per heavy atom. The zero-order valence-corrected chi connectivity index (χ0v) is 21.8. The van der Waals surface area contributed by atoms with Gasteiger partial charge in [0.15, 0.2) is 5.13 Å². The number of carbonyl (C=O) groups is 2. The number of amides is 1. The number of unbranched alkanes of at least 4 members (excludes halogenated alkanes) is 1. The molecule has 188 valence electrons. The highest BCUT2D eigenvalue weighted by atomic mass is 32.1. The highest BCUT2D eigenvalue weighted by Gasteiger charge is 2.48. The second-order valence-corrected chi connectivity index (χ2v) is 10.3. The lowest BCUT2D eigenvalue weighted by Crippen LogP contribution is -2.29. The van der Waals surface area contributed by atoms with Gasteiger partial charge >= 0.3 is 5.91 Å². The summed E-state index contributed by atoms with van der Waals surface area (Å²) in [6, 6.07) is 19.6. The van der Waals surface area contributed by atoms with Crippen molar-refractivity contribution >= 4 is 44.1 Å². The molecule has 1 amide bonds. The number of ether oxygens (including phenoxy) is 1. The molecule has 7 heteroatoms. The second-order valence-electron chi connectivity index (χ2n) is 9.27. The minimum atomic E-state index is -0.826. The predicted molar refractivity (Wildman–Crippen MR) is 147 cm³/mol. The Morgan fingerprint density at radius 3 is 2.41 bits per heavy atom. The molecule has 1 atom stereocenters. The lowest BCUT2D eigenvalue weighted by Gasteiger charge is -2.23. The minimum Gasteiger partial charge on any atom is -0.507 e. The first kappa shape index (κ1) is 24.7. The van der Waals surface area contributed by atoms with Crippen LogP contribution in [0.5, 0.6) is 5.75 Å². The Balaban J connectivity index is 1.64. The summed E-state index contributed by atoms with van der Waals surface area (Å²) in [5.74, 6) is -0.936. The highest BCUT2D eigenvalue weighted by molar-refractivity contribution is 7.22. The third-order valence-electron chi connectivity index (χ3n) is 6.47. The molecule has 4 aromatic rings. The summed E-state index contributed by atoms with van der Waals surface area (Å²) in [6.07, 6.45) is 1.99. The van der Waals surface area contributed by atoms with Crippen LogP contribution in [0.2, 0.25) is 0 Å². The zero-order valence-electron chi connectivity index (χ0n) is 21.0. The molecule has 3 aromatic carbocycles. The fraction of sp³-hybridized carbons (Fsp3) is 0.233. The van der Waals surface area contributed by atoms with Crippen molar-refractivity contribution in [2.45, 2.75) is 39.7 Å². The van der Waals surface area contributed by atoms with E-state index >= 15 is 0 Å². The van der Waals surface area contributed by atoms with Gasteiger partial charge in [0.25, 0.3) is 5.78 Å². The van der Waals surface area contributed by atoms with E-state index in [0.717, 1.165) is 34.2 Å². The van der Waals surface area contributed by atoms with Gasteiger partial charge in [-0.25, -0.2) is 4.98 Å². The van der Waals surface area contributed by atoms with Crippen LogP contribution in [-0.4, -0.2) is 28.4 Å². The molecule has 0 spiro atoms. The number of aryl methyl sites for hydroxylation is 2. The normalized spacial score (nSPS) is 17.1. The van der Waals surface area contributed by atoms with Crippen molar-refractivity contribution in [1.29, 1.82) is 0 Å². The fourth-order valence-corrected chi connectivity index (χ4v) is 5.51. The lowest BCUT2D eigenvalue weighted by atomic mass is 9.95. The number of anilines is 1. The van der Waals surface area contributed by atoms with Crippen molar-refractivity contribution in [2.24, 2.45) is 0 Å². The van der Waals surface area contributed by atoms with Gasteiger partial charge in [0.05, 0.1) is 28.4 Å². The molecule has 0 saturated carbocycles. The first-order valence-corrected chi connectivity index (χ1v) is 13.2. The summed E-state index contributed by atoms with van der Waals surface area (Å²) in [5.41, 5.74) is 4.07. The summed E-state index contributed by atoms with van der Waals surface area (Å²) < 4.78 is 6.73. The van der Waals surface area contributed by atoms with E-state index in [1.54, 1.807) is 12.1 Å². The van der Waals surface area contributed by atoms with Gasteiger partial charge in [-0.1, -0.05) is 72.7 Å². The van der Waals surface area contributed by atoms with Gasteiger partial charge in [0.2, 0.25) is 0 Å². The number of benzene rings is 3. The van der Waals surface area contributed by atoms with E-state index in [9.17, 15) is 14.7 Å². The van der Waals surface area contributed by atoms with Crippen LogP contribution < -0.4 is 9.64 Å². The summed E-state index contributed by atoms with van der Waals surface area (Å²) in [6.45, 7) is 6.66. The largest absolute Gasteiger partial charge is 0.507 e. The number of thiazole rings is 1. The molecule has 1 aliphatic heterocycles. The lowest BCUT2D eigenvalue weighted by molar-refractivity contribution is -0.132. The van der Waals surface area contributed by atoms with Crippen molar-refractivity contribution < 1.29 is 19.4 Å². The Labute approximate surface area is 219 Å². The molecular weight excluding hydrogens is 484 g/mol. The highest BCUT2D eigenvalue weighted by Crippen LogP contribution is 2.44. The van der Waals surface area contributed by atoms with E-state index in [0.29, 0.717) is 28.6 Å². The average molecular weight is 513 g/mol. The van der Waals surface area contributed by atoms with Crippen LogP contribution in [0.3, 0.4) is 0 Å². The molecule has 5 rings (SSSR count). The molecule has 1 unspecified atom stereocenters. The van der Waals surface area contributed by atoms with E-state index in [2.05, 4.69) is 11.9 Å². The van der Waals surface area contributed by atoms with Gasteiger partial charge in [0.1, 0.15) is 11.5 Å². The number of hydrogen-bond acceptors (Lipinski definition) is 6. The molecule has 1 saturated heterocycles. The fourth-order valence-electron chi connectivity index (χ4n) is 4.42. The van der Waals surface area contributed by atoms with E-state index < -0.39 is 17.7 Å². The van der Waals surface area contributed by atoms with Crippen molar-refractivity contribution in [3.8, 4) is 5.75 Å². The third-order valence-corrected chi connectivity index (χ3v) is 7.49. The van der Waals surface area contributed by atoms with E-state index in [-0.39, 0.29) is 11.3 Å². The molecule has 37 heavy (non-hydrogen) atoms. The van der Waals surface area contributed by atoms with Crippen molar-refractivity contribution in [3.05, 3.63) is 94.6 Å². The van der Waals surface area contributed by atoms with E-state index in [4.69, 9.17) is 4.74 Å². The standard InChI is InChI=1S/C30H28N2O4S/c1-4-5-16-36-22-13-11-20(12-14-22)26-25(27(33)21-9-6-18(2)7-10-21)28(34)29(35)32(26)30-31-23-15-8-19(3)17-24(23)37-30/h6-15,17,26,33H,4-5,16H2,1-3H3/b27-25+. The van der Waals surface area contributed by atoms with Gasteiger partial charge in [0, 0.05) is 5.56 Å². The van der Waals surface area contributed by atoms with E-state index in [1.165, 1.54) is 16.2 Å². The van der Waals surface area contributed by atoms with Crippen LogP contribution >= 0.6 is 11.3 Å². The molecule has 1 aliphatic rings. The number of hydrogen-bond donors (Lipinski definition) is 1. The molecular formula is C30H28N2O4S.